The third-order valence-corrected chi connectivity index (χ3v) is 3.32. The molecule has 0 aliphatic rings. The lowest BCUT2D eigenvalue weighted by atomic mass is 10.0. The smallest absolute Gasteiger partial charge is 0.119 e. The van der Waals surface area contributed by atoms with Crippen LogP contribution >= 0.6 is 0 Å². The number of benzene rings is 1. The molecule has 1 aromatic carbocycles. The topological polar surface area (TPSA) is 21.3 Å². The Labute approximate surface area is 105 Å². The third-order valence-electron chi connectivity index (χ3n) is 3.32. The van der Waals surface area contributed by atoms with Crippen molar-refractivity contribution in [3.63, 3.8) is 0 Å². The van der Waals surface area contributed by atoms with Crippen LogP contribution in [0.15, 0.2) is 24.3 Å². The van der Waals surface area contributed by atoms with E-state index in [1.54, 1.807) is 0 Å². The first kappa shape index (κ1) is 14.0. The van der Waals surface area contributed by atoms with E-state index in [4.69, 9.17) is 4.74 Å². The predicted octanol–water partition coefficient (Wildman–Crippen LogP) is 3.40. The quantitative estimate of drug-likeness (QED) is 0.731. The van der Waals surface area contributed by atoms with Gasteiger partial charge in [-0.3, -0.25) is 0 Å². The summed E-state index contributed by atoms with van der Waals surface area (Å²) in [6, 6.07) is 8.74. The molecule has 0 saturated heterocycles. The molecule has 0 heterocycles. The van der Waals surface area contributed by atoms with E-state index in [9.17, 15) is 0 Å². The molecule has 2 nitrogen and oxygen atoms in total. The number of hydrogen-bond donors (Lipinski definition) is 1. The van der Waals surface area contributed by atoms with E-state index >= 15 is 0 Å². The first-order valence-electron chi connectivity index (χ1n) is 6.56. The van der Waals surface area contributed by atoms with Crippen molar-refractivity contribution < 1.29 is 4.74 Å². The van der Waals surface area contributed by atoms with Crippen LogP contribution in [0, 0.1) is 12.8 Å². The lowest BCUT2D eigenvalue weighted by Gasteiger charge is -2.19. The minimum Gasteiger partial charge on any atom is -0.492 e. The summed E-state index contributed by atoms with van der Waals surface area (Å²) in [7, 11) is 0. The van der Waals surface area contributed by atoms with Crippen LogP contribution in [0.3, 0.4) is 0 Å². The molecule has 0 fully saturated rings. The number of ether oxygens (including phenoxy) is 1. The van der Waals surface area contributed by atoms with E-state index in [2.05, 4.69) is 45.1 Å². The van der Waals surface area contributed by atoms with E-state index in [1.807, 2.05) is 12.1 Å². The number of aryl methyl sites for hydroxylation is 1. The highest BCUT2D eigenvalue weighted by atomic mass is 16.5. The van der Waals surface area contributed by atoms with Gasteiger partial charge in [-0.25, -0.2) is 0 Å². The minimum absolute atomic E-state index is 0.557. The van der Waals surface area contributed by atoms with Crippen molar-refractivity contribution in [2.45, 2.75) is 40.2 Å². The maximum absolute atomic E-state index is 5.69. The molecule has 0 amide bonds. The molecule has 17 heavy (non-hydrogen) atoms. The summed E-state index contributed by atoms with van der Waals surface area (Å²) in [6.45, 7) is 10.5. The molecule has 96 valence electrons. The molecule has 0 aromatic heterocycles. The van der Waals surface area contributed by atoms with Gasteiger partial charge in [0.15, 0.2) is 0 Å². The summed E-state index contributed by atoms with van der Waals surface area (Å²) in [5.41, 5.74) is 1.24. The van der Waals surface area contributed by atoms with E-state index < -0.39 is 0 Å². The van der Waals surface area contributed by atoms with Crippen molar-refractivity contribution in [3.05, 3.63) is 29.8 Å². The van der Waals surface area contributed by atoms with Gasteiger partial charge in [0.2, 0.25) is 0 Å². The Hall–Kier alpha value is -1.02. The highest BCUT2D eigenvalue weighted by molar-refractivity contribution is 5.27. The van der Waals surface area contributed by atoms with Crippen LogP contribution in [0.1, 0.15) is 32.8 Å². The van der Waals surface area contributed by atoms with Gasteiger partial charge < -0.3 is 10.1 Å². The predicted molar refractivity (Wildman–Crippen MR) is 73.6 cm³/mol. The summed E-state index contributed by atoms with van der Waals surface area (Å²) < 4.78 is 5.69. The fourth-order valence-electron chi connectivity index (χ4n) is 1.72. The molecule has 0 aliphatic heterocycles. The molecular weight excluding hydrogens is 210 g/mol. The third kappa shape index (κ3) is 5.22. The fraction of sp³-hybridized carbons (Fsp3) is 0.600. The van der Waals surface area contributed by atoms with Crippen molar-refractivity contribution in [1.82, 2.24) is 5.32 Å². The molecule has 1 aromatic rings. The Morgan fingerprint density at radius 3 is 2.71 bits per heavy atom. The molecule has 2 atom stereocenters. The van der Waals surface area contributed by atoms with Crippen molar-refractivity contribution in [1.29, 1.82) is 0 Å². The van der Waals surface area contributed by atoms with E-state index in [-0.39, 0.29) is 0 Å². The molecule has 0 bridgehead atoms. The molecule has 0 saturated carbocycles. The summed E-state index contributed by atoms with van der Waals surface area (Å²) >= 11 is 0. The Bertz CT molecular complexity index is 324. The number of rotatable bonds is 7. The lowest BCUT2D eigenvalue weighted by Crippen LogP contribution is -2.34. The van der Waals surface area contributed by atoms with E-state index in [0.717, 1.165) is 18.9 Å². The van der Waals surface area contributed by atoms with Crippen LogP contribution in [0.4, 0.5) is 0 Å². The minimum atomic E-state index is 0.557. The van der Waals surface area contributed by atoms with Gasteiger partial charge in [0.05, 0.1) is 0 Å². The zero-order chi connectivity index (χ0) is 12.7. The van der Waals surface area contributed by atoms with Crippen molar-refractivity contribution in [2.24, 2.45) is 5.92 Å². The van der Waals surface area contributed by atoms with Crippen LogP contribution in [0.2, 0.25) is 0 Å². The first-order chi connectivity index (χ1) is 8.13. The van der Waals surface area contributed by atoms with Gasteiger partial charge >= 0.3 is 0 Å². The van der Waals surface area contributed by atoms with Gasteiger partial charge in [-0.15, -0.1) is 0 Å². The fourth-order valence-corrected chi connectivity index (χ4v) is 1.72. The maximum atomic E-state index is 5.69. The van der Waals surface area contributed by atoms with Crippen LogP contribution < -0.4 is 10.1 Å². The standard InChI is InChI=1S/C15H25NO/c1-5-13(3)14(4)16-9-10-17-15-8-6-7-12(2)11-15/h6-8,11,13-14,16H,5,9-10H2,1-4H3. The van der Waals surface area contributed by atoms with Crippen molar-refractivity contribution >= 4 is 0 Å². The van der Waals surface area contributed by atoms with Crippen LogP contribution in [0.25, 0.3) is 0 Å². The second kappa shape index (κ2) is 7.33. The highest BCUT2D eigenvalue weighted by Crippen LogP contribution is 2.12. The molecule has 1 rings (SSSR count). The average molecular weight is 235 g/mol. The lowest BCUT2D eigenvalue weighted by molar-refractivity contribution is 0.292. The first-order valence-corrected chi connectivity index (χ1v) is 6.56. The summed E-state index contributed by atoms with van der Waals surface area (Å²) in [5.74, 6) is 1.68. The summed E-state index contributed by atoms with van der Waals surface area (Å²) in [5, 5.41) is 3.49. The number of hydrogen-bond acceptors (Lipinski definition) is 2. The molecule has 0 radical (unpaired) electrons. The van der Waals surface area contributed by atoms with Gasteiger partial charge in [0.1, 0.15) is 12.4 Å². The van der Waals surface area contributed by atoms with Crippen molar-refractivity contribution in [2.75, 3.05) is 13.2 Å². The van der Waals surface area contributed by atoms with Crippen LogP contribution in [0.5, 0.6) is 5.75 Å². The van der Waals surface area contributed by atoms with E-state index in [1.165, 1.54) is 12.0 Å². The molecule has 2 heteroatoms. The van der Waals surface area contributed by atoms with Crippen LogP contribution in [-0.2, 0) is 0 Å². The van der Waals surface area contributed by atoms with Gasteiger partial charge in [-0.1, -0.05) is 32.4 Å². The highest BCUT2D eigenvalue weighted by Gasteiger charge is 2.08. The SMILES string of the molecule is CCC(C)C(C)NCCOc1cccc(C)c1. The Morgan fingerprint density at radius 2 is 2.06 bits per heavy atom. The van der Waals surface area contributed by atoms with Gasteiger partial charge in [0.25, 0.3) is 0 Å². The molecule has 0 aliphatic carbocycles. The zero-order valence-electron chi connectivity index (χ0n) is 11.5. The van der Waals surface area contributed by atoms with Gasteiger partial charge in [-0.05, 0) is 37.5 Å². The normalized spacial score (nSPS) is 14.4. The second-order valence-corrected chi connectivity index (χ2v) is 4.79. The molecule has 2 unspecified atom stereocenters. The zero-order valence-corrected chi connectivity index (χ0v) is 11.5. The van der Waals surface area contributed by atoms with Crippen molar-refractivity contribution in [3.8, 4) is 5.75 Å². The Balaban J connectivity index is 2.20. The van der Waals surface area contributed by atoms with Gasteiger partial charge in [-0.2, -0.15) is 0 Å². The molecule has 1 N–H and O–H groups in total. The second-order valence-electron chi connectivity index (χ2n) is 4.79. The molecular formula is C15H25NO. The largest absolute Gasteiger partial charge is 0.492 e. The Morgan fingerprint density at radius 1 is 1.29 bits per heavy atom. The number of nitrogens with one attached hydrogen (secondary N) is 1. The van der Waals surface area contributed by atoms with E-state index in [0.29, 0.717) is 12.0 Å². The summed E-state index contributed by atoms with van der Waals surface area (Å²) in [4.78, 5) is 0. The average Bonchev–Trinajstić information content (AvgIpc) is 2.33. The van der Waals surface area contributed by atoms with Gasteiger partial charge in [0, 0.05) is 12.6 Å². The monoisotopic (exact) mass is 235 g/mol. The molecule has 0 spiro atoms. The summed E-state index contributed by atoms with van der Waals surface area (Å²) in [6.07, 6.45) is 1.22. The Kier molecular flexibility index (Phi) is 6.06. The maximum Gasteiger partial charge on any atom is 0.119 e. The van der Waals surface area contributed by atoms with Crippen LogP contribution in [-0.4, -0.2) is 19.2 Å².